The number of benzene rings is 4. The van der Waals surface area contributed by atoms with Crippen LogP contribution in [0.15, 0.2) is 112 Å². The number of rotatable bonds is 7. The van der Waals surface area contributed by atoms with E-state index in [1.165, 1.54) is 0 Å². The van der Waals surface area contributed by atoms with E-state index in [2.05, 4.69) is 24.0 Å². The number of hydrogen-bond donors (Lipinski definition) is 0. The van der Waals surface area contributed by atoms with E-state index < -0.39 is 7.75 Å². The van der Waals surface area contributed by atoms with Gasteiger partial charge in [-0.25, -0.2) is 4.57 Å². The molecule has 4 aromatic carbocycles. The molecule has 1 aromatic heterocycles. The minimum Gasteiger partial charge on any atom is -0.456 e. The van der Waals surface area contributed by atoms with Crippen molar-refractivity contribution in [1.82, 2.24) is 4.90 Å². The molecule has 0 saturated carbocycles. The molecule has 1 atom stereocenters. The molecule has 1 unspecified atom stereocenters. The quantitative estimate of drug-likeness (QED) is 0.121. The molecule has 2 heterocycles. The average Bonchev–Trinajstić information content (AvgIpc) is 3.61. The molecule has 6 rings (SSSR count). The van der Waals surface area contributed by atoms with Crippen molar-refractivity contribution in [2.75, 3.05) is 13.1 Å². The van der Waals surface area contributed by atoms with Crippen molar-refractivity contribution in [3.05, 3.63) is 109 Å². The Morgan fingerprint density at radius 1 is 0.789 bits per heavy atom. The Balaban J connectivity index is 1.48. The molecule has 1 aliphatic heterocycles. The van der Waals surface area contributed by atoms with E-state index in [0.29, 0.717) is 17.3 Å². The highest BCUT2D eigenvalue weighted by atomic mass is 31.2. The lowest BCUT2D eigenvalue weighted by Gasteiger charge is -2.27. The van der Waals surface area contributed by atoms with Gasteiger partial charge in [-0.15, -0.1) is 4.76 Å². The molecule has 0 N–H and O–H groups in total. The van der Waals surface area contributed by atoms with Crippen molar-refractivity contribution >= 4 is 35.5 Å². The summed E-state index contributed by atoms with van der Waals surface area (Å²) >= 11 is 0. The largest absolute Gasteiger partial charge is 0.565 e. The second kappa shape index (κ2) is 10.4. The van der Waals surface area contributed by atoms with E-state index in [1.807, 2.05) is 66.7 Å². The van der Waals surface area contributed by atoms with E-state index in [4.69, 9.17) is 18.2 Å². The fourth-order valence-corrected chi connectivity index (χ4v) is 6.53. The van der Waals surface area contributed by atoms with Crippen molar-refractivity contribution in [2.24, 2.45) is 4.76 Å². The third-order valence-corrected chi connectivity index (χ3v) is 8.20. The van der Waals surface area contributed by atoms with E-state index in [-0.39, 0.29) is 5.92 Å². The Bertz CT molecular complexity index is 1580. The van der Waals surface area contributed by atoms with Gasteiger partial charge in [0.25, 0.3) is 0 Å². The first-order chi connectivity index (χ1) is 18.6. The van der Waals surface area contributed by atoms with Crippen molar-refractivity contribution in [1.29, 1.82) is 0 Å². The van der Waals surface area contributed by atoms with Crippen LogP contribution < -0.4 is 9.05 Å². The van der Waals surface area contributed by atoms with Crippen molar-refractivity contribution in [2.45, 2.75) is 25.7 Å². The monoisotopic (exact) mass is 524 g/mol. The second-order valence-corrected chi connectivity index (χ2v) is 11.0. The third-order valence-electron chi connectivity index (χ3n) is 6.87. The summed E-state index contributed by atoms with van der Waals surface area (Å²) in [4.78, 5) is 2.21. The van der Waals surface area contributed by atoms with Crippen LogP contribution in [0, 0.1) is 0 Å². The number of nitrogens with zero attached hydrogens (tertiary/aromatic N) is 2. The van der Waals surface area contributed by atoms with E-state index in [1.54, 1.807) is 24.3 Å². The highest BCUT2D eigenvalue weighted by Crippen LogP contribution is 2.51. The van der Waals surface area contributed by atoms with Crippen LogP contribution in [-0.2, 0) is 4.57 Å². The Kier molecular flexibility index (Phi) is 6.65. The van der Waals surface area contributed by atoms with Crippen LogP contribution in [-0.4, -0.2) is 23.8 Å². The summed E-state index contributed by atoms with van der Waals surface area (Å²) in [6.07, 6.45) is 2.10. The topological polar surface area (TPSA) is 64.3 Å². The molecule has 7 heteroatoms. The van der Waals surface area contributed by atoms with Crippen LogP contribution in [0.25, 0.3) is 21.9 Å². The lowest BCUT2D eigenvalue weighted by molar-refractivity contribution is 0.385. The fourth-order valence-electron chi connectivity index (χ4n) is 5.09. The van der Waals surface area contributed by atoms with E-state index >= 15 is 0 Å². The van der Waals surface area contributed by atoms with Gasteiger partial charge in [0.1, 0.15) is 28.5 Å². The maximum atomic E-state index is 14.4. The minimum absolute atomic E-state index is 0.190. The maximum Gasteiger partial charge on any atom is 0.565 e. The smallest absolute Gasteiger partial charge is 0.456 e. The van der Waals surface area contributed by atoms with Gasteiger partial charge in [-0.3, -0.25) is 0 Å². The zero-order chi connectivity index (χ0) is 26.0. The lowest BCUT2D eigenvalue weighted by Crippen LogP contribution is -2.32. The van der Waals surface area contributed by atoms with Gasteiger partial charge >= 0.3 is 7.75 Å². The van der Waals surface area contributed by atoms with Crippen LogP contribution in [0.4, 0.5) is 0 Å². The summed E-state index contributed by atoms with van der Waals surface area (Å²) < 4.78 is 37.5. The van der Waals surface area contributed by atoms with Crippen molar-refractivity contribution in [3.63, 3.8) is 0 Å². The highest BCUT2D eigenvalue weighted by molar-refractivity contribution is 7.53. The molecule has 0 bridgehead atoms. The zero-order valence-corrected chi connectivity index (χ0v) is 22.1. The first-order valence-electron chi connectivity index (χ1n) is 12.9. The molecule has 38 heavy (non-hydrogen) atoms. The van der Waals surface area contributed by atoms with Crippen LogP contribution >= 0.6 is 7.75 Å². The molecular weight excluding hydrogens is 495 g/mol. The standard InChI is InChI=1S/C31H29N2O4P/c1-23(26-18-12-20-29-30(26)27-17-8-9-19-28(27)35-29)31(33-21-10-11-22-33)32-38(34,36-24-13-4-2-5-14-24)37-25-15-6-3-7-16-25/h2-9,12-20,23H,10-11,21-22H2,1H3/b32-31-. The summed E-state index contributed by atoms with van der Waals surface area (Å²) in [5.41, 5.74) is 2.72. The highest BCUT2D eigenvalue weighted by Gasteiger charge is 2.34. The Hall–Kier alpha value is -4.02. The van der Waals surface area contributed by atoms with Crippen LogP contribution in [0.3, 0.4) is 0 Å². The molecule has 1 aliphatic rings. The number of hydrogen-bond acceptors (Lipinski definition) is 4. The molecule has 0 radical (unpaired) electrons. The predicted molar refractivity (Wildman–Crippen MR) is 152 cm³/mol. The zero-order valence-electron chi connectivity index (χ0n) is 21.2. The average molecular weight is 525 g/mol. The molecule has 0 aliphatic carbocycles. The summed E-state index contributed by atoms with van der Waals surface area (Å²) in [6, 6.07) is 32.3. The number of likely N-dealkylation sites (tertiary alicyclic amines) is 1. The Morgan fingerprint density at radius 2 is 1.37 bits per heavy atom. The first kappa shape index (κ1) is 24.3. The maximum absolute atomic E-state index is 14.4. The van der Waals surface area contributed by atoms with Gasteiger partial charge in [0.15, 0.2) is 0 Å². The summed E-state index contributed by atoms with van der Waals surface area (Å²) in [6.45, 7) is 3.77. The van der Waals surface area contributed by atoms with Crippen LogP contribution in [0.5, 0.6) is 11.5 Å². The molecule has 1 saturated heterocycles. The number of amidine groups is 1. The minimum atomic E-state index is -4.02. The molecular formula is C31H29N2O4P. The third kappa shape index (κ3) is 4.92. The first-order valence-corrected chi connectivity index (χ1v) is 14.4. The lowest BCUT2D eigenvalue weighted by atomic mass is 9.94. The van der Waals surface area contributed by atoms with Gasteiger partial charge in [-0.05, 0) is 54.8 Å². The van der Waals surface area contributed by atoms with Gasteiger partial charge in [-0.2, -0.15) is 0 Å². The molecule has 5 aromatic rings. The number of fused-ring (bicyclic) bond motifs is 3. The van der Waals surface area contributed by atoms with Gasteiger partial charge < -0.3 is 18.4 Å². The van der Waals surface area contributed by atoms with E-state index in [9.17, 15) is 4.57 Å². The Labute approximate surface area is 222 Å². The van der Waals surface area contributed by atoms with Crippen LogP contribution in [0.1, 0.15) is 31.2 Å². The fraction of sp³-hybridized carbons (Fsp3) is 0.194. The second-order valence-electron chi connectivity index (χ2n) is 9.47. The molecule has 0 amide bonds. The summed E-state index contributed by atoms with van der Waals surface area (Å²) in [5, 5.41) is 2.10. The SMILES string of the molecule is CC(/C(=N/P(=O)(Oc1ccccc1)Oc1ccccc1)N1CCCC1)c1cccc2oc3ccccc3c12. The normalized spacial score (nSPS) is 15.2. The van der Waals surface area contributed by atoms with Gasteiger partial charge in [-0.1, -0.05) is 73.7 Å². The molecule has 0 spiro atoms. The molecule has 1 fully saturated rings. The van der Waals surface area contributed by atoms with Crippen LogP contribution in [0.2, 0.25) is 0 Å². The molecule has 6 nitrogen and oxygen atoms in total. The van der Waals surface area contributed by atoms with E-state index in [0.717, 1.165) is 53.4 Å². The predicted octanol–water partition coefficient (Wildman–Crippen LogP) is 8.45. The molecule has 192 valence electrons. The van der Waals surface area contributed by atoms with Crippen molar-refractivity contribution < 1.29 is 18.0 Å². The van der Waals surface area contributed by atoms with Crippen molar-refractivity contribution in [3.8, 4) is 11.5 Å². The Morgan fingerprint density at radius 3 is 2.03 bits per heavy atom. The summed E-state index contributed by atoms with van der Waals surface area (Å²) in [7, 11) is -4.02. The van der Waals surface area contributed by atoms with Gasteiger partial charge in [0.2, 0.25) is 0 Å². The number of furan rings is 1. The van der Waals surface area contributed by atoms with Gasteiger partial charge in [0.05, 0.1) is 0 Å². The number of para-hydroxylation sites is 3. The summed E-state index contributed by atoms with van der Waals surface area (Å²) in [5.74, 6) is 1.37. The van der Waals surface area contributed by atoms with Gasteiger partial charge in [0, 0.05) is 29.8 Å².